The first-order valence-corrected chi connectivity index (χ1v) is 17.0. The van der Waals surface area contributed by atoms with E-state index < -0.39 is 29.0 Å². The molecule has 286 valence electrons. The van der Waals surface area contributed by atoms with Gasteiger partial charge in [-0.3, -0.25) is 4.79 Å². The first-order chi connectivity index (χ1) is 25.8. The molecular weight excluding hydrogens is 716 g/mol. The largest absolute Gasteiger partial charge is 0.497 e. The molecule has 5 rings (SSSR count). The average molecular weight is 756 g/mol. The summed E-state index contributed by atoms with van der Waals surface area (Å²) >= 11 is 0. The number of aromatic nitrogens is 2. The quantitative estimate of drug-likeness (QED) is 0.0575. The maximum absolute atomic E-state index is 14.6. The number of ketones is 1. The van der Waals surface area contributed by atoms with Crippen LogP contribution in [0.1, 0.15) is 39.9 Å². The zero-order valence-electron chi connectivity index (χ0n) is 29.6. The highest BCUT2D eigenvalue weighted by Crippen LogP contribution is 2.44. The molecule has 0 aliphatic rings. The lowest BCUT2D eigenvalue weighted by molar-refractivity contribution is -0.142. The van der Waals surface area contributed by atoms with Gasteiger partial charge in [0.05, 0.1) is 56.6 Å². The van der Waals surface area contributed by atoms with Crippen molar-refractivity contribution in [3.05, 3.63) is 113 Å². The van der Waals surface area contributed by atoms with E-state index >= 15 is 0 Å². The van der Waals surface area contributed by atoms with Crippen LogP contribution >= 0.6 is 0 Å². The summed E-state index contributed by atoms with van der Waals surface area (Å²) in [7, 11) is 2.98. The van der Waals surface area contributed by atoms with E-state index in [2.05, 4.69) is 0 Å². The normalized spacial score (nSPS) is 11.9. The number of imidazole rings is 1. The molecule has 1 aromatic heterocycles. The van der Waals surface area contributed by atoms with Gasteiger partial charge in [0.25, 0.3) is 0 Å². The molecule has 0 bridgehead atoms. The Bertz CT molecular complexity index is 1990. The number of benzene rings is 4. The number of rotatable bonds is 17. The molecular formula is C40H39F6N3O5. The Hall–Kier alpha value is -5.18. The van der Waals surface area contributed by atoms with Gasteiger partial charge in [0, 0.05) is 48.4 Å². The van der Waals surface area contributed by atoms with Crippen LogP contribution in [-0.4, -0.2) is 62.5 Å². The van der Waals surface area contributed by atoms with Crippen LogP contribution in [0.25, 0.3) is 33.9 Å². The second kappa shape index (κ2) is 17.8. The van der Waals surface area contributed by atoms with E-state index in [-0.39, 0.29) is 36.3 Å². The number of halogens is 6. The van der Waals surface area contributed by atoms with Crippen molar-refractivity contribution in [3.63, 3.8) is 0 Å². The number of carbonyl (C=O) groups excluding carboxylic acids is 1. The summed E-state index contributed by atoms with van der Waals surface area (Å²) < 4.78 is 108. The minimum atomic E-state index is -5.15. The Morgan fingerprint density at radius 2 is 1.31 bits per heavy atom. The van der Waals surface area contributed by atoms with Crippen molar-refractivity contribution < 1.29 is 50.1 Å². The predicted octanol–water partition coefficient (Wildman–Crippen LogP) is 8.94. The van der Waals surface area contributed by atoms with E-state index in [1.54, 1.807) is 77.4 Å². The fraction of sp³-hybridized carbons (Fsp3) is 0.300. The number of alkyl halides is 6. The molecule has 0 radical (unpaired) electrons. The number of nitrogens with zero attached hydrogens (tertiary/aromatic N) is 2. The molecule has 0 aliphatic heterocycles. The zero-order valence-corrected chi connectivity index (χ0v) is 29.6. The predicted molar refractivity (Wildman–Crippen MR) is 191 cm³/mol. The number of ether oxygens (including phenoxy) is 4. The molecule has 0 saturated carbocycles. The zero-order chi connectivity index (χ0) is 38.9. The number of methoxy groups -OCH3 is 2. The highest BCUT2D eigenvalue weighted by atomic mass is 19.4. The monoisotopic (exact) mass is 755 g/mol. The molecule has 8 nitrogen and oxygen atoms in total. The van der Waals surface area contributed by atoms with Gasteiger partial charge in [-0.05, 0) is 72.6 Å². The van der Waals surface area contributed by atoms with E-state index in [4.69, 9.17) is 29.7 Å². The van der Waals surface area contributed by atoms with Gasteiger partial charge in [-0.15, -0.1) is 0 Å². The summed E-state index contributed by atoms with van der Waals surface area (Å²) in [6, 6.07) is 21.7. The molecule has 0 aliphatic carbocycles. The van der Waals surface area contributed by atoms with E-state index in [9.17, 15) is 31.1 Å². The second-order valence-electron chi connectivity index (χ2n) is 12.2. The third-order valence-corrected chi connectivity index (χ3v) is 8.53. The first-order valence-electron chi connectivity index (χ1n) is 17.0. The summed E-state index contributed by atoms with van der Waals surface area (Å²) in [5, 5.41) is 0. The minimum absolute atomic E-state index is 0.0489. The fourth-order valence-corrected chi connectivity index (χ4v) is 5.82. The molecule has 0 spiro atoms. The third-order valence-electron chi connectivity index (χ3n) is 8.53. The maximum Gasteiger partial charge on any atom is 0.417 e. The van der Waals surface area contributed by atoms with Crippen molar-refractivity contribution in [1.82, 2.24) is 9.55 Å². The molecule has 0 saturated heterocycles. The lowest BCUT2D eigenvalue weighted by atomic mass is 10.0. The van der Waals surface area contributed by atoms with E-state index in [1.807, 2.05) is 0 Å². The molecule has 2 N–H and O–H groups in total. The van der Waals surface area contributed by atoms with Crippen molar-refractivity contribution in [1.29, 1.82) is 0 Å². The summed E-state index contributed by atoms with van der Waals surface area (Å²) in [6.07, 6.45) is -9.44. The van der Waals surface area contributed by atoms with Gasteiger partial charge in [0.15, 0.2) is 5.78 Å². The number of hydrogen-bond donors (Lipinski definition) is 1. The van der Waals surface area contributed by atoms with Crippen molar-refractivity contribution in [2.45, 2.75) is 31.7 Å². The number of carbonyl (C=O) groups is 1. The highest BCUT2D eigenvalue weighted by Gasteiger charge is 2.39. The Morgan fingerprint density at radius 1 is 0.722 bits per heavy atom. The lowest BCUT2D eigenvalue weighted by Gasteiger charge is -2.18. The molecule has 0 atom stereocenters. The fourth-order valence-electron chi connectivity index (χ4n) is 5.82. The molecule has 4 aromatic carbocycles. The standard InChI is InChI=1S/C40H39F6N3O5/c1-51-31-14-9-28(10-15-31)36-37(29-11-16-32(52-2)17-12-29)49(38(48-36)33-18-13-30(39(41,42)43)24-34(33)40(44,45)46)25-26-5-7-27(8-6-26)35(50)4-3-20-53-22-23-54-21-19-47/h5-18,24H,3-4,19-23,25,47H2,1-2H3. The smallest absolute Gasteiger partial charge is 0.417 e. The van der Waals surface area contributed by atoms with Crippen molar-refractivity contribution >= 4 is 5.78 Å². The Morgan fingerprint density at radius 3 is 1.87 bits per heavy atom. The SMILES string of the molecule is COc1ccc(-c2nc(-c3ccc(C(F)(F)F)cc3C(F)(F)F)n(Cc3ccc(C(=O)CCCOCCOCCN)cc3)c2-c2ccc(OC)cc2)cc1. The van der Waals surface area contributed by atoms with Crippen LogP contribution in [0, 0.1) is 0 Å². The summed E-state index contributed by atoms with van der Waals surface area (Å²) in [5.41, 5.74) is 4.72. The molecule has 1 heterocycles. The summed E-state index contributed by atoms with van der Waals surface area (Å²) in [4.78, 5) is 17.7. The number of hydrogen-bond acceptors (Lipinski definition) is 7. The highest BCUT2D eigenvalue weighted by molar-refractivity contribution is 5.96. The molecule has 0 amide bonds. The van der Waals surface area contributed by atoms with Crippen LogP contribution in [0.2, 0.25) is 0 Å². The van der Waals surface area contributed by atoms with E-state index in [0.717, 1.165) is 6.07 Å². The molecule has 54 heavy (non-hydrogen) atoms. The number of Topliss-reactive ketones (excluding diaryl/α,β-unsaturated/α-hetero) is 1. The van der Waals surface area contributed by atoms with Crippen molar-refractivity contribution in [3.8, 4) is 45.4 Å². The lowest BCUT2D eigenvalue weighted by Crippen LogP contribution is -2.14. The van der Waals surface area contributed by atoms with Crippen LogP contribution in [-0.2, 0) is 28.4 Å². The molecule has 0 fully saturated rings. The molecule has 5 aromatic rings. The molecule has 0 unspecified atom stereocenters. The number of nitrogens with two attached hydrogens (primary N) is 1. The van der Waals surface area contributed by atoms with E-state index in [1.165, 1.54) is 14.2 Å². The maximum atomic E-state index is 14.6. The van der Waals surface area contributed by atoms with Crippen molar-refractivity contribution in [2.75, 3.05) is 47.2 Å². The van der Waals surface area contributed by atoms with Gasteiger partial charge >= 0.3 is 12.4 Å². The first kappa shape index (κ1) is 40.0. The van der Waals surface area contributed by atoms with Gasteiger partial charge in [-0.25, -0.2) is 4.98 Å². The van der Waals surface area contributed by atoms with Crippen LogP contribution in [0.4, 0.5) is 26.3 Å². The second-order valence-corrected chi connectivity index (χ2v) is 12.2. The van der Waals surface area contributed by atoms with Gasteiger partial charge in [0.2, 0.25) is 0 Å². The Balaban J connectivity index is 1.58. The van der Waals surface area contributed by atoms with Gasteiger partial charge in [0.1, 0.15) is 17.3 Å². The Labute approximate surface area is 308 Å². The topological polar surface area (TPSA) is 97.8 Å². The Kier molecular flexibility index (Phi) is 13.2. The van der Waals surface area contributed by atoms with Crippen LogP contribution in [0.15, 0.2) is 91.0 Å². The summed E-state index contributed by atoms with van der Waals surface area (Å²) in [6.45, 7) is 1.97. The van der Waals surface area contributed by atoms with Gasteiger partial charge in [-0.1, -0.05) is 30.3 Å². The van der Waals surface area contributed by atoms with Gasteiger partial charge in [-0.2, -0.15) is 26.3 Å². The van der Waals surface area contributed by atoms with Crippen LogP contribution < -0.4 is 15.2 Å². The van der Waals surface area contributed by atoms with E-state index in [0.29, 0.717) is 84.9 Å². The minimum Gasteiger partial charge on any atom is -0.497 e. The summed E-state index contributed by atoms with van der Waals surface area (Å²) in [5.74, 6) is 0.734. The van der Waals surface area contributed by atoms with Crippen LogP contribution in [0.3, 0.4) is 0 Å². The van der Waals surface area contributed by atoms with Gasteiger partial charge < -0.3 is 29.2 Å². The molecule has 14 heteroatoms. The average Bonchev–Trinajstić information content (AvgIpc) is 3.53. The van der Waals surface area contributed by atoms with Crippen LogP contribution in [0.5, 0.6) is 11.5 Å². The van der Waals surface area contributed by atoms with Crippen molar-refractivity contribution in [2.24, 2.45) is 5.73 Å². The third kappa shape index (κ3) is 9.87.